The average molecular weight is 416 g/mol. The predicted octanol–water partition coefficient (Wildman–Crippen LogP) is 6.42. The molecule has 2 N–H and O–H groups in total. The molecule has 0 saturated heterocycles. The summed E-state index contributed by atoms with van der Waals surface area (Å²) in [6, 6.07) is 27.0. The molecule has 0 aliphatic rings. The summed E-state index contributed by atoms with van der Waals surface area (Å²) in [6.07, 6.45) is -0.523. The van der Waals surface area contributed by atoms with Crippen LogP contribution < -0.4 is 10.1 Å². The Morgan fingerprint density at radius 1 is 0.867 bits per heavy atom. The fraction of sp³-hybridized carbons (Fsp3) is 0.0800. The molecule has 3 aromatic carbocycles. The van der Waals surface area contributed by atoms with E-state index < -0.39 is 11.5 Å². The molecule has 5 heteroatoms. The van der Waals surface area contributed by atoms with Gasteiger partial charge in [-0.3, -0.25) is 5.32 Å². The first-order valence-corrected chi connectivity index (χ1v) is 10.5. The van der Waals surface area contributed by atoms with Gasteiger partial charge >= 0.3 is 6.09 Å². The van der Waals surface area contributed by atoms with Crippen molar-refractivity contribution in [2.75, 3.05) is 5.32 Å². The lowest BCUT2D eigenvalue weighted by molar-refractivity contribution is 0.215. The Labute approximate surface area is 179 Å². The van der Waals surface area contributed by atoms with Crippen LogP contribution in [0.1, 0.15) is 23.6 Å². The molecule has 1 heterocycles. The Bertz CT molecular complexity index is 1110. The average Bonchev–Trinajstić information content (AvgIpc) is 3.28. The van der Waals surface area contributed by atoms with Gasteiger partial charge in [0, 0.05) is 16.5 Å². The van der Waals surface area contributed by atoms with Crippen molar-refractivity contribution >= 4 is 23.1 Å². The van der Waals surface area contributed by atoms with Gasteiger partial charge in [0.25, 0.3) is 0 Å². The summed E-state index contributed by atoms with van der Waals surface area (Å²) in [4.78, 5) is 12.1. The molecule has 4 nitrogen and oxygen atoms in total. The van der Waals surface area contributed by atoms with Crippen molar-refractivity contribution in [1.29, 1.82) is 0 Å². The van der Waals surface area contributed by atoms with E-state index in [1.807, 2.05) is 60.0 Å². The fourth-order valence-electron chi connectivity index (χ4n) is 3.51. The highest BCUT2D eigenvalue weighted by atomic mass is 32.1. The minimum absolute atomic E-state index is 0.234. The molecule has 4 aromatic rings. The van der Waals surface area contributed by atoms with Gasteiger partial charge < -0.3 is 9.84 Å². The summed E-state index contributed by atoms with van der Waals surface area (Å²) in [7, 11) is 0. The number of aromatic hydroxyl groups is 1. The minimum Gasteiger partial charge on any atom is -0.508 e. The third kappa shape index (κ3) is 4.07. The SMILES string of the molecule is CC(c1ccccc1)(c1ccc(O)cc1)c1ccc(NC(=O)Oc2ccsc2)cc1. The second-order valence-electron chi connectivity index (χ2n) is 7.09. The van der Waals surface area contributed by atoms with Gasteiger partial charge in [-0.25, -0.2) is 4.79 Å². The zero-order valence-electron chi connectivity index (χ0n) is 16.4. The molecule has 1 amide bonds. The first-order chi connectivity index (χ1) is 14.6. The van der Waals surface area contributed by atoms with Crippen LogP contribution in [-0.2, 0) is 5.41 Å². The maximum atomic E-state index is 12.1. The molecule has 0 spiro atoms. The standard InChI is InChI=1S/C25H21NO3S/c1-25(18-5-3-2-4-6-18,20-9-13-22(27)14-10-20)19-7-11-21(12-8-19)26-24(28)29-23-15-16-30-17-23/h2-17,27H,1H3,(H,26,28). The van der Waals surface area contributed by atoms with Gasteiger partial charge in [-0.2, -0.15) is 0 Å². The molecule has 4 rings (SSSR count). The number of phenols is 1. The van der Waals surface area contributed by atoms with E-state index in [1.165, 1.54) is 11.3 Å². The zero-order chi connectivity index (χ0) is 21.0. The van der Waals surface area contributed by atoms with Crippen LogP contribution in [0.4, 0.5) is 10.5 Å². The van der Waals surface area contributed by atoms with Gasteiger partial charge in [-0.15, -0.1) is 11.3 Å². The maximum absolute atomic E-state index is 12.1. The molecular weight excluding hydrogens is 394 g/mol. The molecule has 0 aliphatic carbocycles. The lowest BCUT2D eigenvalue weighted by atomic mass is 9.71. The third-order valence-corrected chi connectivity index (χ3v) is 5.87. The lowest BCUT2D eigenvalue weighted by Crippen LogP contribution is -2.25. The summed E-state index contributed by atoms with van der Waals surface area (Å²) in [5.41, 5.74) is 3.48. The summed E-state index contributed by atoms with van der Waals surface area (Å²) in [5.74, 6) is 0.760. The summed E-state index contributed by atoms with van der Waals surface area (Å²) in [6.45, 7) is 2.15. The van der Waals surface area contributed by atoms with Crippen LogP contribution in [0.2, 0.25) is 0 Å². The quantitative estimate of drug-likeness (QED) is 0.370. The van der Waals surface area contributed by atoms with E-state index in [4.69, 9.17) is 4.74 Å². The van der Waals surface area contributed by atoms with Crippen molar-refractivity contribution in [3.05, 3.63) is 112 Å². The van der Waals surface area contributed by atoms with Gasteiger partial charge in [-0.1, -0.05) is 54.6 Å². The molecule has 1 aromatic heterocycles. The first kappa shape index (κ1) is 19.7. The van der Waals surface area contributed by atoms with Gasteiger partial charge in [0.1, 0.15) is 11.5 Å². The van der Waals surface area contributed by atoms with Gasteiger partial charge in [-0.05, 0) is 59.3 Å². The Morgan fingerprint density at radius 2 is 1.47 bits per heavy atom. The molecule has 0 bridgehead atoms. The normalized spacial score (nSPS) is 12.7. The van der Waals surface area contributed by atoms with Crippen molar-refractivity contribution in [2.45, 2.75) is 12.3 Å². The largest absolute Gasteiger partial charge is 0.508 e. The van der Waals surface area contributed by atoms with Crippen molar-refractivity contribution in [3.63, 3.8) is 0 Å². The number of carbonyl (C=O) groups is 1. The van der Waals surface area contributed by atoms with Gasteiger partial charge in [0.05, 0.1) is 0 Å². The smallest absolute Gasteiger partial charge is 0.417 e. The van der Waals surface area contributed by atoms with E-state index in [-0.39, 0.29) is 5.75 Å². The van der Waals surface area contributed by atoms with Crippen molar-refractivity contribution < 1.29 is 14.6 Å². The molecule has 0 aliphatic heterocycles. The predicted molar refractivity (Wildman–Crippen MR) is 121 cm³/mol. The van der Waals surface area contributed by atoms with Crippen molar-refractivity contribution in [2.24, 2.45) is 0 Å². The molecule has 30 heavy (non-hydrogen) atoms. The van der Waals surface area contributed by atoms with E-state index in [2.05, 4.69) is 24.4 Å². The van der Waals surface area contributed by atoms with Crippen molar-refractivity contribution in [1.82, 2.24) is 0 Å². The van der Waals surface area contributed by atoms with E-state index in [0.717, 1.165) is 16.7 Å². The van der Waals surface area contributed by atoms with E-state index in [9.17, 15) is 9.90 Å². The third-order valence-electron chi connectivity index (χ3n) is 5.21. The van der Waals surface area contributed by atoms with Gasteiger partial charge in [0.2, 0.25) is 0 Å². The number of ether oxygens (including phenoxy) is 1. The molecule has 0 fully saturated rings. The van der Waals surface area contributed by atoms with E-state index in [0.29, 0.717) is 11.4 Å². The Balaban J connectivity index is 1.63. The lowest BCUT2D eigenvalue weighted by Gasteiger charge is -2.32. The number of hydrogen-bond acceptors (Lipinski definition) is 4. The number of anilines is 1. The molecule has 0 saturated carbocycles. The second kappa shape index (κ2) is 8.43. The molecule has 150 valence electrons. The monoisotopic (exact) mass is 415 g/mol. The van der Waals surface area contributed by atoms with Crippen LogP contribution >= 0.6 is 11.3 Å². The number of amides is 1. The zero-order valence-corrected chi connectivity index (χ0v) is 17.2. The summed E-state index contributed by atoms with van der Waals surface area (Å²) >= 11 is 1.47. The molecule has 0 radical (unpaired) electrons. The molecule has 1 atom stereocenters. The van der Waals surface area contributed by atoms with Gasteiger partial charge in [0.15, 0.2) is 0 Å². The number of nitrogens with one attached hydrogen (secondary N) is 1. The van der Waals surface area contributed by atoms with E-state index >= 15 is 0 Å². The number of carbonyl (C=O) groups excluding carboxylic acids is 1. The highest BCUT2D eigenvalue weighted by Gasteiger charge is 2.31. The maximum Gasteiger partial charge on any atom is 0.417 e. The topological polar surface area (TPSA) is 58.6 Å². The summed E-state index contributed by atoms with van der Waals surface area (Å²) < 4.78 is 5.24. The number of rotatable bonds is 5. The number of phenolic OH excluding ortho intramolecular Hbond substituents is 1. The Morgan fingerprint density at radius 3 is 2.07 bits per heavy atom. The fourth-order valence-corrected chi connectivity index (χ4v) is 4.07. The molecular formula is C25H21NO3S. The number of thiophene rings is 1. The molecule has 1 unspecified atom stereocenters. The van der Waals surface area contributed by atoms with E-state index in [1.54, 1.807) is 23.6 Å². The minimum atomic E-state index is -0.523. The van der Waals surface area contributed by atoms with Crippen LogP contribution in [-0.4, -0.2) is 11.2 Å². The Kier molecular flexibility index (Phi) is 5.55. The van der Waals surface area contributed by atoms with Crippen molar-refractivity contribution in [3.8, 4) is 11.5 Å². The Hall–Kier alpha value is -3.57. The first-order valence-electron chi connectivity index (χ1n) is 9.52. The van der Waals surface area contributed by atoms with Crippen LogP contribution in [0.15, 0.2) is 95.7 Å². The number of hydrogen-bond donors (Lipinski definition) is 2. The van der Waals surface area contributed by atoms with Crippen LogP contribution in [0.5, 0.6) is 11.5 Å². The van der Waals surface area contributed by atoms with Crippen LogP contribution in [0, 0.1) is 0 Å². The second-order valence-corrected chi connectivity index (χ2v) is 7.87. The highest BCUT2D eigenvalue weighted by molar-refractivity contribution is 7.08. The van der Waals surface area contributed by atoms with Crippen LogP contribution in [0.3, 0.4) is 0 Å². The van der Waals surface area contributed by atoms with Crippen LogP contribution in [0.25, 0.3) is 0 Å². The highest BCUT2D eigenvalue weighted by Crippen LogP contribution is 2.39. The number of benzene rings is 3. The summed E-state index contributed by atoms with van der Waals surface area (Å²) in [5, 5.41) is 16.1.